The van der Waals surface area contributed by atoms with E-state index in [0.29, 0.717) is 6.54 Å². The number of amides is 1. The zero-order valence-electron chi connectivity index (χ0n) is 13.8. The molecule has 1 rings (SSSR count). The Morgan fingerprint density at radius 2 is 1.71 bits per heavy atom. The van der Waals surface area contributed by atoms with Crippen molar-refractivity contribution in [1.29, 1.82) is 0 Å². The minimum atomic E-state index is -0.494. The number of nitrogens with one attached hydrogen (secondary N) is 1. The number of alkyl carbamates (subject to hydrolysis) is 1. The van der Waals surface area contributed by atoms with E-state index in [9.17, 15) is 4.79 Å². The fourth-order valence-electron chi connectivity index (χ4n) is 2.04. The maximum atomic E-state index is 11.7. The van der Waals surface area contributed by atoms with Crippen LogP contribution in [-0.2, 0) is 17.6 Å². The number of hydrogen-bond acceptors (Lipinski definition) is 3. The van der Waals surface area contributed by atoms with Crippen LogP contribution in [0.2, 0.25) is 0 Å². The second-order valence-electron chi connectivity index (χ2n) is 6.28. The van der Waals surface area contributed by atoms with Crippen LogP contribution in [0.5, 0.6) is 0 Å². The lowest BCUT2D eigenvalue weighted by Gasteiger charge is -2.21. The molecule has 0 aliphatic carbocycles. The van der Waals surface area contributed by atoms with Crippen molar-refractivity contribution in [2.75, 3.05) is 6.54 Å². The summed E-state index contributed by atoms with van der Waals surface area (Å²) >= 11 is 0. The van der Waals surface area contributed by atoms with Gasteiger partial charge in [-0.1, -0.05) is 32.0 Å². The van der Waals surface area contributed by atoms with Crippen molar-refractivity contribution in [2.45, 2.75) is 59.1 Å². The number of hydrogen-bond donors (Lipinski definition) is 2. The van der Waals surface area contributed by atoms with Gasteiger partial charge in [-0.25, -0.2) is 4.79 Å². The molecule has 4 nitrogen and oxygen atoms in total. The summed E-state index contributed by atoms with van der Waals surface area (Å²) in [5.41, 5.74) is 9.30. The molecule has 0 spiro atoms. The maximum absolute atomic E-state index is 11.7. The molecule has 0 aliphatic rings. The summed E-state index contributed by atoms with van der Waals surface area (Å²) in [4.78, 5) is 11.7. The molecule has 1 aromatic carbocycles. The zero-order chi connectivity index (χ0) is 16.0. The van der Waals surface area contributed by atoms with E-state index in [1.54, 1.807) is 0 Å². The van der Waals surface area contributed by atoms with E-state index in [4.69, 9.17) is 10.5 Å². The van der Waals surface area contributed by atoms with Crippen molar-refractivity contribution in [2.24, 2.45) is 5.73 Å². The van der Waals surface area contributed by atoms with Crippen molar-refractivity contribution in [1.82, 2.24) is 5.32 Å². The van der Waals surface area contributed by atoms with Crippen molar-refractivity contribution < 1.29 is 9.53 Å². The highest BCUT2D eigenvalue weighted by Gasteiger charge is 2.17. The molecule has 1 unspecified atom stereocenters. The van der Waals surface area contributed by atoms with Crippen molar-refractivity contribution in [3.8, 4) is 0 Å². The summed E-state index contributed by atoms with van der Waals surface area (Å²) in [6.45, 7) is 10.1. The molecule has 0 aromatic heterocycles. The molecule has 3 N–H and O–H groups in total. The Balaban J connectivity index is 2.67. The van der Waals surface area contributed by atoms with Crippen LogP contribution in [0, 0.1) is 0 Å². The van der Waals surface area contributed by atoms with Gasteiger partial charge >= 0.3 is 6.09 Å². The van der Waals surface area contributed by atoms with Gasteiger partial charge in [-0.2, -0.15) is 0 Å². The zero-order valence-corrected chi connectivity index (χ0v) is 13.8. The summed E-state index contributed by atoms with van der Waals surface area (Å²) in [6.07, 6.45) is 1.53. The maximum Gasteiger partial charge on any atom is 0.407 e. The molecule has 0 bridgehead atoms. The predicted octanol–water partition coefficient (Wildman–Crippen LogP) is 3.34. The summed E-state index contributed by atoms with van der Waals surface area (Å²) in [7, 11) is 0. The summed E-state index contributed by atoms with van der Waals surface area (Å²) in [6, 6.07) is 6.20. The Labute approximate surface area is 128 Å². The normalized spacial score (nSPS) is 12.9. The number of nitrogens with two attached hydrogens (primary N) is 1. The average molecular weight is 292 g/mol. The first-order valence-electron chi connectivity index (χ1n) is 7.60. The van der Waals surface area contributed by atoms with E-state index < -0.39 is 11.7 Å². The Kier molecular flexibility index (Phi) is 6.21. The highest BCUT2D eigenvalue weighted by Crippen LogP contribution is 2.17. The van der Waals surface area contributed by atoms with Gasteiger partial charge in [0.1, 0.15) is 5.60 Å². The second-order valence-corrected chi connectivity index (χ2v) is 6.28. The highest BCUT2D eigenvalue weighted by atomic mass is 16.6. The largest absolute Gasteiger partial charge is 0.444 e. The van der Waals surface area contributed by atoms with Gasteiger partial charge in [0.05, 0.1) is 0 Å². The molecule has 21 heavy (non-hydrogen) atoms. The van der Waals surface area contributed by atoms with Gasteiger partial charge in [0.2, 0.25) is 0 Å². The van der Waals surface area contributed by atoms with E-state index in [-0.39, 0.29) is 6.04 Å². The van der Waals surface area contributed by atoms with E-state index in [2.05, 4.69) is 37.4 Å². The number of rotatable bonds is 5. The third-order valence-electron chi connectivity index (χ3n) is 3.18. The highest BCUT2D eigenvalue weighted by molar-refractivity contribution is 5.67. The number of aryl methyl sites for hydroxylation is 2. The van der Waals surface area contributed by atoms with E-state index in [1.807, 2.05) is 20.8 Å². The van der Waals surface area contributed by atoms with Crippen molar-refractivity contribution in [3.63, 3.8) is 0 Å². The third-order valence-corrected chi connectivity index (χ3v) is 3.18. The van der Waals surface area contributed by atoms with Gasteiger partial charge in [-0.15, -0.1) is 0 Å². The molecule has 0 saturated heterocycles. The smallest absolute Gasteiger partial charge is 0.407 e. The fraction of sp³-hybridized carbons (Fsp3) is 0.588. The van der Waals surface area contributed by atoms with Gasteiger partial charge in [0, 0.05) is 12.6 Å². The third kappa shape index (κ3) is 6.17. The van der Waals surface area contributed by atoms with Crippen LogP contribution in [0.3, 0.4) is 0 Å². The molecular weight excluding hydrogens is 264 g/mol. The Morgan fingerprint density at radius 1 is 1.19 bits per heavy atom. The van der Waals surface area contributed by atoms with Crippen LogP contribution in [0.15, 0.2) is 18.2 Å². The molecule has 1 amide bonds. The molecule has 0 aliphatic heterocycles. The van der Waals surface area contributed by atoms with Gasteiger partial charge in [0.15, 0.2) is 0 Å². The van der Waals surface area contributed by atoms with Crippen LogP contribution in [0.4, 0.5) is 4.79 Å². The first-order chi connectivity index (χ1) is 9.75. The molecule has 4 heteroatoms. The summed E-state index contributed by atoms with van der Waals surface area (Å²) in [5, 5.41) is 2.73. The molecular formula is C17H28N2O2. The van der Waals surface area contributed by atoms with Gasteiger partial charge < -0.3 is 15.8 Å². The number of benzene rings is 1. The number of ether oxygens (including phenoxy) is 1. The van der Waals surface area contributed by atoms with Crippen LogP contribution in [-0.4, -0.2) is 18.2 Å². The Bertz CT molecular complexity index is 456. The lowest BCUT2D eigenvalue weighted by atomic mass is 9.98. The minimum Gasteiger partial charge on any atom is -0.444 e. The Morgan fingerprint density at radius 3 is 2.14 bits per heavy atom. The van der Waals surface area contributed by atoms with Gasteiger partial charge in [-0.3, -0.25) is 0 Å². The molecule has 118 valence electrons. The average Bonchev–Trinajstić information content (AvgIpc) is 2.42. The fourth-order valence-corrected chi connectivity index (χ4v) is 2.04. The lowest BCUT2D eigenvalue weighted by Crippen LogP contribution is -2.36. The number of carbonyl (C=O) groups is 1. The minimum absolute atomic E-state index is 0.227. The Hall–Kier alpha value is -1.55. The topological polar surface area (TPSA) is 64.3 Å². The van der Waals surface area contributed by atoms with Crippen molar-refractivity contribution in [3.05, 3.63) is 34.9 Å². The second kappa shape index (κ2) is 7.46. The molecule has 0 saturated carbocycles. The number of carbonyl (C=O) groups excluding carboxylic acids is 1. The van der Waals surface area contributed by atoms with Crippen molar-refractivity contribution >= 4 is 6.09 Å². The molecule has 0 radical (unpaired) electrons. The van der Waals surface area contributed by atoms with Crippen LogP contribution < -0.4 is 11.1 Å². The SMILES string of the molecule is CCc1cc(CC)cc(C(N)CNC(=O)OC(C)(C)C)c1. The first kappa shape index (κ1) is 17.5. The van der Waals surface area contributed by atoms with Gasteiger partial charge in [-0.05, 0) is 50.3 Å². The van der Waals surface area contributed by atoms with E-state index >= 15 is 0 Å². The predicted molar refractivity (Wildman–Crippen MR) is 86.4 cm³/mol. The molecule has 0 fully saturated rings. The van der Waals surface area contributed by atoms with Crippen LogP contribution in [0.1, 0.15) is 57.4 Å². The summed E-state index contributed by atoms with van der Waals surface area (Å²) < 4.78 is 5.21. The lowest BCUT2D eigenvalue weighted by molar-refractivity contribution is 0.0524. The van der Waals surface area contributed by atoms with Crippen LogP contribution in [0.25, 0.3) is 0 Å². The quantitative estimate of drug-likeness (QED) is 0.875. The van der Waals surface area contributed by atoms with Crippen LogP contribution >= 0.6 is 0 Å². The summed E-state index contributed by atoms with van der Waals surface area (Å²) in [5.74, 6) is 0. The van der Waals surface area contributed by atoms with Gasteiger partial charge in [0.25, 0.3) is 0 Å². The molecule has 1 aromatic rings. The molecule has 0 heterocycles. The first-order valence-corrected chi connectivity index (χ1v) is 7.60. The standard InChI is InChI=1S/C17H28N2O2/c1-6-12-8-13(7-2)10-14(9-12)15(18)11-19-16(20)21-17(3,4)5/h8-10,15H,6-7,11,18H2,1-5H3,(H,19,20). The van der Waals surface area contributed by atoms with E-state index in [0.717, 1.165) is 18.4 Å². The molecule has 1 atom stereocenters. The monoisotopic (exact) mass is 292 g/mol. The van der Waals surface area contributed by atoms with E-state index in [1.165, 1.54) is 11.1 Å².